The van der Waals surface area contributed by atoms with E-state index < -0.39 is 0 Å². The number of allylic oxidation sites excluding steroid dienone is 3. The Morgan fingerprint density at radius 1 is 0.958 bits per heavy atom. The quantitative estimate of drug-likeness (QED) is 0.634. The number of aliphatic hydroxyl groups is 1. The molecule has 0 heterocycles. The molecule has 0 saturated carbocycles. The van der Waals surface area contributed by atoms with Gasteiger partial charge in [0.25, 0.3) is 0 Å². The molecule has 132 valence electrons. The normalized spacial score (nSPS) is 20.8. The number of phenolic OH excluding ortho intramolecular Hbond substituents is 1. The van der Waals surface area contributed by atoms with Crippen LogP contribution in [0, 0.1) is 18.3 Å². The zero-order chi connectivity index (χ0) is 18.4. The number of hydrogen-bond acceptors (Lipinski definition) is 2. The van der Waals surface area contributed by atoms with Crippen LogP contribution in [0.25, 0.3) is 0 Å². The number of benzene rings is 1. The van der Waals surface area contributed by atoms with Crippen LogP contribution in [0.15, 0.2) is 35.1 Å². The molecule has 2 rings (SSSR count). The summed E-state index contributed by atoms with van der Waals surface area (Å²) in [4.78, 5) is 0. The lowest BCUT2D eigenvalue weighted by Gasteiger charge is -2.37. The fourth-order valence-electron chi connectivity index (χ4n) is 3.66. The zero-order valence-electron chi connectivity index (χ0n) is 16.4. The summed E-state index contributed by atoms with van der Waals surface area (Å²) in [5.74, 6) is 1.04. The molecule has 24 heavy (non-hydrogen) atoms. The van der Waals surface area contributed by atoms with Gasteiger partial charge >= 0.3 is 0 Å². The predicted molar refractivity (Wildman–Crippen MR) is 102 cm³/mol. The number of aryl methyl sites for hydroxylation is 1. The Morgan fingerprint density at radius 3 is 2.04 bits per heavy atom. The Morgan fingerprint density at radius 2 is 1.54 bits per heavy atom. The fraction of sp³-hybridized carbons (Fsp3) is 0.545. The first-order chi connectivity index (χ1) is 11.0. The van der Waals surface area contributed by atoms with Crippen molar-refractivity contribution in [2.24, 2.45) is 11.3 Å². The number of rotatable bonds is 3. The van der Waals surface area contributed by atoms with Crippen LogP contribution in [-0.2, 0) is 0 Å². The first kappa shape index (κ1) is 18.6. The van der Waals surface area contributed by atoms with Crippen LogP contribution in [0.3, 0.4) is 0 Å². The van der Waals surface area contributed by atoms with Gasteiger partial charge in [-0.3, -0.25) is 0 Å². The lowest BCUT2D eigenvalue weighted by Crippen LogP contribution is -2.25. The molecule has 0 fully saturated rings. The van der Waals surface area contributed by atoms with Gasteiger partial charge < -0.3 is 10.2 Å². The Kier molecular flexibility index (Phi) is 4.90. The lowest BCUT2D eigenvalue weighted by atomic mass is 9.68. The van der Waals surface area contributed by atoms with Crippen molar-refractivity contribution in [2.75, 3.05) is 0 Å². The maximum atomic E-state index is 11.1. The van der Waals surface area contributed by atoms with Gasteiger partial charge in [0.15, 0.2) is 0 Å². The van der Waals surface area contributed by atoms with Gasteiger partial charge in [-0.2, -0.15) is 0 Å². The van der Waals surface area contributed by atoms with Crippen LogP contribution in [0.1, 0.15) is 77.0 Å². The second-order valence-corrected chi connectivity index (χ2v) is 8.35. The van der Waals surface area contributed by atoms with E-state index in [1.807, 2.05) is 19.9 Å². The third-order valence-corrected chi connectivity index (χ3v) is 5.51. The van der Waals surface area contributed by atoms with Gasteiger partial charge in [-0.25, -0.2) is 0 Å². The minimum absolute atomic E-state index is 0.169. The van der Waals surface area contributed by atoms with Crippen LogP contribution >= 0.6 is 0 Å². The maximum Gasteiger partial charge on any atom is 0.123 e. The summed E-state index contributed by atoms with van der Waals surface area (Å²) in [5, 5.41) is 21.9. The molecule has 0 aliphatic heterocycles. The van der Waals surface area contributed by atoms with Gasteiger partial charge in [-0.15, -0.1) is 0 Å². The highest BCUT2D eigenvalue weighted by atomic mass is 16.3. The third-order valence-electron chi connectivity index (χ3n) is 5.51. The second kappa shape index (κ2) is 6.31. The monoisotopic (exact) mass is 328 g/mol. The number of hydrogen-bond donors (Lipinski definition) is 2. The highest BCUT2D eigenvalue weighted by Crippen LogP contribution is 2.50. The van der Waals surface area contributed by atoms with E-state index in [2.05, 4.69) is 53.7 Å². The molecular formula is C22H32O2. The summed E-state index contributed by atoms with van der Waals surface area (Å²) in [6, 6.07) is 4.06. The minimum atomic E-state index is -0.254. The van der Waals surface area contributed by atoms with Crippen LogP contribution in [-0.4, -0.2) is 10.2 Å². The average Bonchev–Trinajstić information content (AvgIpc) is 2.47. The molecule has 0 spiro atoms. The molecule has 0 aromatic heterocycles. The molecule has 1 aromatic carbocycles. The van der Waals surface area contributed by atoms with Crippen molar-refractivity contribution >= 4 is 0 Å². The van der Waals surface area contributed by atoms with E-state index in [1.54, 1.807) is 0 Å². The fourth-order valence-corrected chi connectivity index (χ4v) is 3.66. The smallest absolute Gasteiger partial charge is 0.123 e. The summed E-state index contributed by atoms with van der Waals surface area (Å²) in [5.41, 5.74) is 4.83. The van der Waals surface area contributed by atoms with Gasteiger partial charge in [0.05, 0.1) is 5.92 Å². The molecular weight excluding hydrogens is 296 g/mol. The number of phenols is 1. The van der Waals surface area contributed by atoms with E-state index in [0.717, 1.165) is 22.3 Å². The molecule has 1 unspecified atom stereocenters. The van der Waals surface area contributed by atoms with Crippen molar-refractivity contribution in [3.8, 4) is 5.75 Å². The van der Waals surface area contributed by atoms with E-state index in [0.29, 0.717) is 17.4 Å². The van der Waals surface area contributed by atoms with Gasteiger partial charge in [-0.1, -0.05) is 65.3 Å². The Labute approximate surface area is 146 Å². The number of aliphatic hydroxyl groups excluding tert-OH is 1. The summed E-state index contributed by atoms with van der Waals surface area (Å²) < 4.78 is 0. The molecule has 2 nitrogen and oxygen atoms in total. The molecule has 2 heteroatoms. The van der Waals surface area contributed by atoms with Crippen molar-refractivity contribution in [1.82, 2.24) is 0 Å². The minimum Gasteiger partial charge on any atom is -0.511 e. The van der Waals surface area contributed by atoms with Gasteiger partial charge in [0, 0.05) is 11.0 Å². The number of aromatic hydroxyl groups is 1. The molecule has 2 N–H and O–H groups in total. The van der Waals surface area contributed by atoms with Gasteiger partial charge in [-0.05, 0) is 42.4 Å². The molecule has 0 radical (unpaired) electrons. The van der Waals surface area contributed by atoms with E-state index in [9.17, 15) is 10.2 Å². The first-order valence-electron chi connectivity index (χ1n) is 8.94. The molecule has 0 saturated heterocycles. The summed E-state index contributed by atoms with van der Waals surface area (Å²) in [6.07, 6.45) is 2.28. The maximum absolute atomic E-state index is 11.1. The summed E-state index contributed by atoms with van der Waals surface area (Å²) in [6.45, 7) is 16.8. The van der Waals surface area contributed by atoms with Crippen molar-refractivity contribution in [2.45, 2.75) is 67.2 Å². The Balaban J connectivity index is 2.81. The van der Waals surface area contributed by atoms with Gasteiger partial charge in [0.1, 0.15) is 11.5 Å². The van der Waals surface area contributed by atoms with Crippen molar-refractivity contribution < 1.29 is 10.2 Å². The highest BCUT2D eigenvalue weighted by Gasteiger charge is 2.37. The SMILES string of the molecule is CC1=C(O)C(c2c(C(C)C)ccc(C)c2O)C(C(C)C)=CC1(C)C. The van der Waals surface area contributed by atoms with E-state index in [4.69, 9.17) is 0 Å². The zero-order valence-corrected chi connectivity index (χ0v) is 16.4. The molecule has 1 aromatic rings. The average molecular weight is 328 g/mol. The van der Waals surface area contributed by atoms with E-state index in [1.165, 1.54) is 5.57 Å². The summed E-state index contributed by atoms with van der Waals surface area (Å²) >= 11 is 0. The Hall–Kier alpha value is -1.70. The first-order valence-corrected chi connectivity index (χ1v) is 8.94. The predicted octanol–water partition coefficient (Wildman–Crippen LogP) is 6.36. The largest absolute Gasteiger partial charge is 0.511 e. The van der Waals surface area contributed by atoms with Crippen molar-refractivity contribution in [3.05, 3.63) is 51.8 Å². The van der Waals surface area contributed by atoms with Crippen LogP contribution in [0.2, 0.25) is 0 Å². The molecule has 1 aliphatic carbocycles. The van der Waals surface area contributed by atoms with E-state index >= 15 is 0 Å². The van der Waals surface area contributed by atoms with Crippen LogP contribution in [0.5, 0.6) is 5.75 Å². The van der Waals surface area contributed by atoms with E-state index in [-0.39, 0.29) is 17.3 Å². The van der Waals surface area contributed by atoms with Gasteiger partial charge in [0.2, 0.25) is 0 Å². The lowest BCUT2D eigenvalue weighted by molar-refractivity contribution is 0.331. The summed E-state index contributed by atoms with van der Waals surface area (Å²) in [7, 11) is 0. The molecule has 1 aliphatic rings. The highest BCUT2D eigenvalue weighted by molar-refractivity contribution is 5.56. The molecule has 1 atom stereocenters. The third kappa shape index (κ3) is 2.99. The standard InChI is InChI=1S/C22H32O2/c1-12(2)16-10-9-14(5)20(23)18(16)19-17(13(3)4)11-22(7,8)15(6)21(19)24/h9-13,19,23-24H,1-8H3. The van der Waals surface area contributed by atoms with Crippen LogP contribution in [0.4, 0.5) is 0 Å². The van der Waals surface area contributed by atoms with Crippen LogP contribution < -0.4 is 0 Å². The second-order valence-electron chi connectivity index (χ2n) is 8.35. The van der Waals surface area contributed by atoms with Crippen molar-refractivity contribution in [1.29, 1.82) is 0 Å². The Bertz CT molecular complexity index is 703. The molecule has 0 amide bonds. The van der Waals surface area contributed by atoms with Crippen molar-refractivity contribution in [3.63, 3.8) is 0 Å². The topological polar surface area (TPSA) is 40.5 Å². The molecule has 0 bridgehead atoms.